The molecule has 1 aliphatic rings. The van der Waals surface area contributed by atoms with Crippen LogP contribution in [0.3, 0.4) is 0 Å². The number of benzene rings is 1. The first-order valence-corrected chi connectivity index (χ1v) is 6.37. The van der Waals surface area contributed by atoms with Gasteiger partial charge in [0.2, 0.25) is 5.91 Å². The van der Waals surface area contributed by atoms with Crippen molar-refractivity contribution >= 4 is 17.6 Å². The van der Waals surface area contributed by atoms with Crippen molar-refractivity contribution in [1.29, 1.82) is 0 Å². The number of methoxy groups -OCH3 is 1. The Balaban J connectivity index is 1.88. The number of carbonyl (C=O) groups is 2. The molecule has 1 saturated carbocycles. The Kier molecular flexibility index (Phi) is 4.57. The number of carbonyl (C=O) groups excluding carboxylic acids is 1. The van der Waals surface area contributed by atoms with Gasteiger partial charge in [0.1, 0.15) is 5.75 Å². The van der Waals surface area contributed by atoms with Crippen molar-refractivity contribution in [2.45, 2.75) is 18.9 Å². The van der Waals surface area contributed by atoms with Gasteiger partial charge in [0.15, 0.2) is 6.61 Å². The highest BCUT2D eigenvalue weighted by Gasteiger charge is 2.34. The first-order valence-electron chi connectivity index (χ1n) is 6.37. The van der Waals surface area contributed by atoms with Crippen molar-refractivity contribution < 1.29 is 24.2 Å². The number of aliphatic carboxylic acids is 1. The van der Waals surface area contributed by atoms with E-state index in [9.17, 15) is 9.59 Å². The van der Waals surface area contributed by atoms with E-state index in [0.717, 1.165) is 12.8 Å². The van der Waals surface area contributed by atoms with Gasteiger partial charge in [-0.25, -0.2) is 4.79 Å². The van der Waals surface area contributed by atoms with Crippen LogP contribution in [0, 0.1) is 5.92 Å². The summed E-state index contributed by atoms with van der Waals surface area (Å²) in [6, 6.07) is 6.68. The molecule has 6 heteroatoms. The number of anilines is 1. The van der Waals surface area contributed by atoms with E-state index in [1.165, 1.54) is 0 Å². The Morgan fingerprint density at radius 2 is 2.15 bits per heavy atom. The molecule has 1 aromatic rings. The quantitative estimate of drug-likeness (QED) is 0.824. The highest BCUT2D eigenvalue weighted by atomic mass is 16.5. The topological polar surface area (TPSA) is 84.9 Å². The maximum atomic E-state index is 11.9. The number of carboxylic acid groups (broad SMARTS) is 1. The number of rotatable bonds is 6. The zero-order valence-corrected chi connectivity index (χ0v) is 11.2. The molecular formula is C14H17NO5. The lowest BCUT2D eigenvalue weighted by atomic mass is 9.81. The molecule has 0 spiro atoms. The van der Waals surface area contributed by atoms with Gasteiger partial charge in [0.25, 0.3) is 0 Å². The van der Waals surface area contributed by atoms with Gasteiger partial charge >= 0.3 is 5.97 Å². The van der Waals surface area contributed by atoms with Crippen LogP contribution < -0.4 is 10.1 Å². The molecule has 20 heavy (non-hydrogen) atoms. The van der Waals surface area contributed by atoms with E-state index >= 15 is 0 Å². The van der Waals surface area contributed by atoms with Crippen molar-refractivity contribution in [2.75, 3.05) is 19.0 Å². The van der Waals surface area contributed by atoms with Gasteiger partial charge in [-0.3, -0.25) is 4.79 Å². The third kappa shape index (κ3) is 3.71. The Labute approximate surface area is 116 Å². The maximum absolute atomic E-state index is 11.9. The molecule has 108 valence electrons. The number of hydrogen-bond donors (Lipinski definition) is 2. The summed E-state index contributed by atoms with van der Waals surface area (Å²) in [5.41, 5.74) is 0.596. The summed E-state index contributed by atoms with van der Waals surface area (Å²) in [4.78, 5) is 22.4. The average Bonchev–Trinajstić information content (AvgIpc) is 2.35. The number of carboxylic acids is 1. The minimum Gasteiger partial charge on any atom is -0.482 e. The van der Waals surface area contributed by atoms with Gasteiger partial charge in [0.05, 0.1) is 6.10 Å². The van der Waals surface area contributed by atoms with E-state index in [1.54, 1.807) is 31.4 Å². The molecule has 0 aromatic heterocycles. The fraction of sp³-hybridized carbons (Fsp3) is 0.429. The largest absolute Gasteiger partial charge is 0.482 e. The predicted molar refractivity (Wildman–Crippen MR) is 71.7 cm³/mol. The smallest absolute Gasteiger partial charge is 0.341 e. The first kappa shape index (κ1) is 14.3. The molecule has 0 saturated heterocycles. The van der Waals surface area contributed by atoms with Gasteiger partial charge in [-0.2, -0.15) is 0 Å². The lowest BCUT2D eigenvalue weighted by Gasteiger charge is -2.32. The third-order valence-electron chi connectivity index (χ3n) is 3.26. The molecule has 0 radical (unpaired) electrons. The number of amides is 1. The van der Waals surface area contributed by atoms with Gasteiger partial charge in [-0.1, -0.05) is 6.07 Å². The molecule has 1 aliphatic carbocycles. The minimum absolute atomic E-state index is 0.0245. The summed E-state index contributed by atoms with van der Waals surface area (Å²) in [5, 5.41) is 11.3. The van der Waals surface area contributed by atoms with Crippen molar-refractivity contribution in [3.8, 4) is 5.75 Å². The van der Waals surface area contributed by atoms with Crippen LogP contribution in [0.4, 0.5) is 5.69 Å². The Morgan fingerprint density at radius 3 is 2.80 bits per heavy atom. The third-order valence-corrected chi connectivity index (χ3v) is 3.26. The van der Waals surface area contributed by atoms with Crippen LogP contribution in [0.15, 0.2) is 24.3 Å². The standard InChI is InChI=1S/C14H17NO5/c1-19-12-5-9(6-12)14(18)15-10-3-2-4-11(7-10)20-8-13(16)17/h2-4,7,9,12H,5-6,8H2,1H3,(H,15,18)(H,16,17). The lowest BCUT2D eigenvalue weighted by molar-refractivity contribution is -0.139. The van der Waals surface area contributed by atoms with Crippen LogP contribution in [0.2, 0.25) is 0 Å². The molecule has 0 heterocycles. The van der Waals surface area contributed by atoms with Crippen molar-refractivity contribution in [1.82, 2.24) is 0 Å². The van der Waals surface area contributed by atoms with Crippen LogP contribution in [-0.2, 0) is 14.3 Å². The van der Waals surface area contributed by atoms with Crippen molar-refractivity contribution in [2.24, 2.45) is 5.92 Å². The molecule has 0 aliphatic heterocycles. The molecule has 1 fully saturated rings. The zero-order valence-electron chi connectivity index (χ0n) is 11.2. The number of hydrogen-bond acceptors (Lipinski definition) is 4. The maximum Gasteiger partial charge on any atom is 0.341 e. The van der Waals surface area contributed by atoms with Gasteiger partial charge in [0, 0.05) is 24.8 Å². The lowest BCUT2D eigenvalue weighted by Crippen LogP contribution is -2.38. The second kappa shape index (κ2) is 6.38. The second-order valence-corrected chi connectivity index (χ2v) is 4.73. The van der Waals surface area contributed by atoms with Crippen molar-refractivity contribution in [3.05, 3.63) is 24.3 Å². The molecule has 1 amide bonds. The summed E-state index contributed by atoms with van der Waals surface area (Å²) >= 11 is 0. The normalized spacial score (nSPS) is 20.9. The first-order chi connectivity index (χ1) is 9.58. The summed E-state index contributed by atoms with van der Waals surface area (Å²) in [7, 11) is 1.64. The SMILES string of the molecule is COC1CC(C(=O)Nc2cccc(OCC(=O)O)c2)C1. The Bertz CT molecular complexity index is 496. The summed E-state index contributed by atoms with van der Waals surface area (Å²) < 4.78 is 10.2. The monoisotopic (exact) mass is 279 g/mol. The number of ether oxygens (including phenoxy) is 2. The van der Waals surface area contributed by atoms with E-state index in [1.807, 2.05) is 0 Å². The van der Waals surface area contributed by atoms with Crippen LogP contribution in [0.25, 0.3) is 0 Å². The van der Waals surface area contributed by atoms with Gasteiger partial charge < -0.3 is 19.9 Å². The Hall–Kier alpha value is -2.08. The van der Waals surface area contributed by atoms with Crippen LogP contribution >= 0.6 is 0 Å². The van der Waals surface area contributed by atoms with E-state index < -0.39 is 12.6 Å². The highest BCUT2D eigenvalue weighted by Crippen LogP contribution is 2.30. The summed E-state index contributed by atoms with van der Waals surface area (Å²) in [6.45, 7) is -0.407. The Morgan fingerprint density at radius 1 is 1.40 bits per heavy atom. The molecule has 0 bridgehead atoms. The van der Waals surface area contributed by atoms with Gasteiger partial charge in [-0.15, -0.1) is 0 Å². The summed E-state index contributed by atoms with van der Waals surface area (Å²) in [5.74, 6) is -0.703. The molecule has 0 atom stereocenters. The molecule has 0 unspecified atom stereocenters. The van der Waals surface area contributed by atoms with E-state index in [4.69, 9.17) is 14.6 Å². The number of nitrogens with one attached hydrogen (secondary N) is 1. The van der Waals surface area contributed by atoms with Crippen LogP contribution in [-0.4, -0.2) is 36.8 Å². The molecule has 2 N–H and O–H groups in total. The zero-order chi connectivity index (χ0) is 14.5. The fourth-order valence-electron chi connectivity index (χ4n) is 2.03. The fourth-order valence-corrected chi connectivity index (χ4v) is 2.03. The molecule has 1 aromatic carbocycles. The predicted octanol–water partition coefficient (Wildman–Crippen LogP) is 1.51. The molecule has 2 rings (SSSR count). The van der Waals surface area contributed by atoms with Crippen LogP contribution in [0.1, 0.15) is 12.8 Å². The highest BCUT2D eigenvalue weighted by molar-refractivity contribution is 5.93. The molecule has 6 nitrogen and oxygen atoms in total. The second-order valence-electron chi connectivity index (χ2n) is 4.73. The average molecular weight is 279 g/mol. The molecular weight excluding hydrogens is 262 g/mol. The van der Waals surface area contributed by atoms with Crippen LogP contribution in [0.5, 0.6) is 5.75 Å². The van der Waals surface area contributed by atoms with E-state index in [-0.39, 0.29) is 17.9 Å². The minimum atomic E-state index is -1.04. The van der Waals surface area contributed by atoms with E-state index in [0.29, 0.717) is 11.4 Å². The summed E-state index contributed by atoms with van der Waals surface area (Å²) in [6.07, 6.45) is 1.64. The van der Waals surface area contributed by atoms with Gasteiger partial charge in [-0.05, 0) is 25.0 Å². The van der Waals surface area contributed by atoms with E-state index in [2.05, 4.69) is 5.32 Å². The van der Waals surface area contributed by atoms with Crippen molar-refractivity contribution in [3.63, 3.8) is 0 Å².